The number of hydrogen-bond acceptors (Lipinski definition) is 2. The lowest BCUT2D eigenvalue weighted by atomic mass is 10.2. The Morgan fingerprint density at radius 2 is 2.14 bits per heavy atom. The van der Waals surface area contributed by atoms with E-state index < -0.39 is 0 Å². The molecule has 5 rings (SSSR count). The summed E-state index contributed by atoms with van der Waals surface area (Å²) in [7, 11) is 1.94. The maximum absolute atomic E-state index is 13.5. The first-order valence-electron chi connectivity index (χ1n) is 9.98. The molecule has 0 bridgehead atoms. The monoisotopic (exact) mass is 390 g/mol. The molecule has 0 aliphatic heterocycles. The largest absolute Gasteiger partial charge is 0.348 e. The minimum absolute atomic E-state index is 0.0394. The summed E-state index contributed by atoms with van der Waals surface area (Å²) in [5.74, 6) is 1.41. The number of fused-ring (bicyclic) bond motifs is 2. The number of para-hydroxylation sites is 2. The highest BCUT2D eigenvalue weighted by atomic mass is 19.1. The first-order chi connectivity index (χ1) is 14.0. The van der Waals surface area contributed by atoms with Gasteiger partial charge in [0.05, 0.1) is 17.1 Å². The third kappa shape index (κ3) is 3.28. The molecule has 6 heteroatoms. The van der Waals surface area contributed by atoms with Crippen molar-refractivity contribution in [3.63, 3.8) is 0 Å². The fourth-order valence-electron chi connectivity index (χ4n) is 4.33. The number of carbonyl (C=O) groups is 1. The van der Waals surface area contributed by atoms with Crippen molar-refractivity contribution in [3.05, 3.63) is 65.9 Å². The molecule has 29 heavy (non-hydrogen) atoms. The maximum atomic E-state index is 13.5. The number of imidazole rings is 1. The third-order valence-electron chi connectivity index (χ3n) is 5.99. The molecule has 1 fully saturated rings. The summed E-state index contributed by atoms with van der Waals surface area (Å²) in [5.41, 5.74) is 3.93. The zero-order valence-electron chi connectivity index (χ0n) is 16.4. The Hall–Kier alpha value is -3.15. The van der Waals surface area contributed by atoms with Gasteiger partial charge in [0.15, 0.2) is 0 Å². The van der Waals surface area contributed by atoms with Crippen LogP contribution in [0.3, 0.4) is 0 Å². The lowest BCUT2D eigenvalue weighted by Gasteiger charge is -2.15. The second-order valence-electron chi connectivity index (χ2n) is 8.07. The van der Waals surface area contributed by atoms with Crippen molar-refractivity contribution in [2.75, 3.05) is 0 Å². The number of carbonyl (C=O) groups excluding carboxylic acids is 1. The van der Waals surface area contributed by atoms with E-state index in [2.05, 4.69) is 15.3 Å². The molecule has 3 atom stereocenters. The van der Waals surface area contributed by atoms with Crippen LogP contribution in [0.15, 0.2) is 48.5 Å². The first kappa shape index (κ1) is 17.9. The summed E-state index contributed by atoms with van der Waals surface area (Å²) in [5, 5.41) is 3.94. The summed E-state index contributed by atoms with van der Waals surface area (Å²) in [6.45, 7) is 1.96. The van der Waals surface area contributed by atoms with Crippen molar-refractivity contribution in [2.45, 2.75) is 31.7 Å². The number of nitrogens with one attached hydrogen (secondary N) is 2. The van der Waals surface area contributed by atoms with E-state index in [4.69, 9.17) is 0 Å². The Morgan fingerprint density at radius 3 is 2.97 bits per heavy atom. The van der Waals surface area contributed by atoms with E-state index in [0.717, 1.165) is 39.9 Å². The van der Waals surface area contributed by atoms with Gasteiger partial charge in [-0.15, -0.1) is 0 Å². The van der Waals surface area contributed by atoms with Gasteiger partial charge in [-0.2, -0.15) is 0 Å². The minimum atomic E-state index is -0.253. The topological polar surface area (TPSA) is 62.7 Å². The Labute approximate surface area is 167 Å². The molecule has 1 aliphatic carbocycles. The predicted octanol–water partition coefficient (Wildman–Crippen LogP) is 4.56. The number of amides is 1. The fourth-order valence-corrected chi connectivity index (χ4v) is 4.33. The Morgan fingerprint density at radius 1 is 1.31 bits per heavy atom. The van der Waals surface area contributed by atoms with Crippen molar-refractivity contribution in [1.29, 1.82) is 0 Å². The Bertz CT molecular complexity index is 1190. The molecular weight excluding hydrogens is 367 g/mol. The van der Waals surface area contributed by atoms with Crippen LogP contribution in [0.5, 0.6) is 0 Å². The lowest BCUT2D eigenvalue weighted by molar-refractivity contribution is -0.122. The number of rotatable bonds is 5. The number of nitrogens with zero attached hydrogens (tertiary/aromatic N) is 2. The predicted molar refractivity (Wildman–Crippen MR) is 111 cm³/mol. The molecule has 0 saturated heterocycles. The van der Waals surface area contributed by atoms with Crippen LogP contribution in [0.2, 0.25) is 0 Å². The van der Waals surface area contributed by atoms with Crippen molar-refractivity contribution < 1.29 is 9.18 Å². The second-order valence-corrected chi connectivity index (χ2v) is 8.07. The molecule has 0 unspecified atom stereocenters. The van der Waals surface area contributed by atoms with Crippen LogP contribution < -0.4 is 5.32 Å². The van der Waals surface area contributed by atoms with Crippen molar-refractivity contribution in [2.24, 2.45) is 13.0 Å². The third-order valence-corrected chi connectivity index (χ3v) is 5.99. The molecule has 0 spiro atoms. The van der Waals surface area contributed by atoms with E-state index in [1.54, 1.807) is 6.07 Å². The standard InChI is InChI=1S/C23H23FN4O/c1-13(21-11-15-9-16(24)7-8-20(15)28(21)2)25-22(29)12-14-10-17(14)23-26-18-5-3-4-6-19(18)27-23/h3-9,11,13-14,17H,10,12H2,1-2H3,(H,25,29)(H,26,27)/t13-,14+,17+/m1/s1. The van der Waals surface area contributed by atoms with Crippen LogP contribution >= 0.6 is 0 Å². The molecule has 4 aromatic rings. The van der Waals surface area contributed by atoms with Crippen LogP contribution in [0, 0.1) is 11.7 Å². The van der Waals surface area contributed by atoms with Gasteiger partial charge in [0, 0.05) is 36.0 Å². The van der Waals surface area contributed by atoms with E-state index in [1.807, 2.05) is 48.9 Å². The number of hydrogen-bond donors (Lipinski definition) is 2. The quantitative estimate of drug-likeness (QED) is 0.525. The smallest absolute Gasteiger partial charge is 0.220 e. The molecule has 2 aromatic carbocycles. The fraction of sp³-hybridized carbons (Fsp3) is 0.304. The van der Waals surface area contributed by atoms with Gasteiger partial charge in [-0.1, -0.05) is 12.1 Å². The molecule has 2 aromatic heterocycles. The first-order valence-corrected chi connectivity index (χ1v) is 9.98. The molecule has 1 saturated carbocycles. The van der Waals surface area contributed by atoms with Gasteiger partial charge in [0.25, 0.3) is 0 Å². The van der Waals surface area contributed by atoms with Crippen molar-refractivity contribution in [3.8, 4) is 0 Å². The molecule has 1 amide bonds. The normalized spacial score (nSPS) is 19.6. The average Bonchev–Trinajstić information content (AvgIpc) is 3.18. The van der Waals surface area contributed by atoms with E-state index >= 15 is 0 Å². The van der Waals surface area contributed by atoms with E-state index in [1.165, 1.54) is 12.1 Å². The number of aryl methyl sites for hydroxylation is 1. The van der Waals surface area contributed by atoms with Gasteiger partial charge in [-0.05, 0) is 55.7 Å². The summed E-state index contributed by atoms with van der Waals surface area (Å²) in [6.07, 6.45) is 1.47. The highest BCUT2D eigenvalue weighted by molar-refractivity contribution is 5.82. The molecule has 148 valence electrons. The number of aromatic nitrogens is 3. The van der Waals surface area contributed by atoms with Gasteiger partial charge >= 0.3 is 0 Å². The summed E-state index contributed by atoms with van der Waals surface area (Å²) < 4.78 is 15.5. The summed E-state index contributed by atoms with van der Waals surface area (Å²) >= 11 is 0. The van der Waals surface area contributed by atoms with Crippen molar-refractivity contribution >= 4 is 27.8 Å². The van der Waals surface area contributed by atoms with Gasteiger partial charge in [0.2, 0.25) is 5.91 Å². The molecule has 2 N–H and O–H groups in total. The number of benzene rings is 2. The molecule has 1 aliphatic rings. The van der Waals surface area contributed by atoms with Crippen molar-refractivity contribution in [1.82, 2.24) is 19.9 Å². The highest BCUT2D eigenvalue weighted by Crippen LogP contribution is 2.48. The Kier molecular flexibility index (Phi) is 4.15. The molecule has 2 heterocycles. The minimum Gasteiger partial charge on any atom is -0.348 e. The van der Waals surface area contributed by atoms with Gasteiger partial charge < -0.3 is 14.9 Å². The zero-order chi connectivity index (χ0) is 20.1. The number of aromatic amines is 1. The molecular formula is C23H23FN4O. The zero-order valence-corrected chi connectivity index (χ0v) is 16.4. The van der Waals surface area contributed by atoms with E-state index in [9.17, 15) is 9.18 Å². The SMILES string of the molecule is C[C@@H](NC(=O)C[C@@H]1C[C@@H]1c1nc2ccccc2[nH]1)c1cc2cc(F)ccc2n1C. The Balaban J connectivity index is 1.24. The number of halogens is 1. The number of H-pyrrole nitrogens is 1. The second kappa shape index (κ2) is 6.72. The average molecular weight is 390 g/mol. The molecule has 0 radical (unpaired) electrons. The summed E-state index contributed by atoms with van der Waals surface area (Å²) in [6, 6.07) is 14.5. The summed E-state index contributed by atoms with van der Waals surface area (Å²) in [4.78, 5) is 20.6. The maximum Gasteiger partial charge on any atom is 0.220 e. The highest BCUT2D eigenvalue weighted by Gasteiger charge is 2.41. The van der Waals surface area contributed by atoms with E-state index in [0.29, 0.717) is 18.3 Å². The van der Waals surface area contributed by atoms with Gasteiger partial charge in [0.1, 0.15) is 11.6 Å². The van der Waals surface area contributed by atoms with E-state index in [-0.39, 0.29) is 17.8 Å². The molecule has 5 nitrogen and oxygen atoms in total. The lowest BCUT2D eigenvalue weighted by Crippen LogP contribution is -2.28. The van der Waals surface area contributed by atoms with Crippen LogP contribution in [0.4, 0.5) is 4.39 Å². The van der Waals surface area contributed by atoms with Crippen LogP contribution in [-0.2, 0) is 11.8 Å². The van der Waals surface area contributed by atoms with Crippen LogP contribution in [0.1, 0.15) is 43.2 Å². The van der Waals surface area contributed by atoms with Crippen LogP contribution in [-0.4, -0.2) is 20.4 Å². The van der Waals surface area contributed by atoms with Gasteiger partial charge in [-0.3, -0.25) is 4.79 Å². The van der Waals surface area contributed by atoms with Gasteiger partial charge in [-0.25, -0.2) is 9.37 Å². The van der Waals surface area contributed by atoms with Crippen LogP contribution in [0.25, 0.3) is 21.9 Å².